The predicted molar refractivity (Wildman–Crippen MR) is 75.6 cm³/mol. The maximum Gasteiger partial charge on any atom is 0.100 e. The lowest BCUT2D eigenvalue weighted by Crippen LogP contribution is -1.90. The second kappa shape index (κ2) is 4.39. The van der Waals surface area contributed by atoms with Crippen molar-refractivity contribution in [2.24, 2.45) is 0 Å². The molecule has 0 aliphatic heterocycles. The lowest BCUT2D eigenvalue weighted by molar-refractivity contribution is 1.48. The second-order valence-corrected chi connectivity index (χ2v) is 4.39. The van der Waals surface area contributed by atoms with Crippen LogP contribution in [0.25, 0.3) is 21.5 Å². The monoisotopic (exact) mass is 253 g/mol. The Morgan fingerprint density at radius 3 is 1.70 bits per heavy atom. The molecule has 0 aliphatic carbocycles. The first-order chi connectivity index (χ1) is 9.80. The van der Waals surface area contributed by atoms with Crippen LogP contribution in [0.1, 0.15) is 16.7 Å². The maximum atomic E-state index is 9.45. The molecule has 0 aromatic heterocycles. The zero-order valence-electron chi connectivity index (χ0n) is 10.4. The minimum Gasteiger partial charge on any atom is -0.192 e. The molecule has 20 heavy (non-hydrogen) atoms. The molecule has 0 saturated heterocycles. The highest BCUT2D eigenvalue weighted by molar-refractivity contribution is 6.09. The van der Waals surface area contributed by atoms with E-state index in [2.05, 4.69) is 18.2 Å². The molecule has 3 aromatic rings. The number of nitriles is 3. The van der Waals surface area contributed by atoms with Gasteiger partial charge >= 0.3 is 0 Å². The molecule has 0 spiro atoms. The van der Waals surface area contributed by atoms with Gasteiger partial charge in [0.05, 0.1) is 22.8 Å². The van der Waals surface area contributed by atoms with E-state index in [-0.39, 0.29) is 0 Å². The molecule has 0 amide bonds. The van der Waals surface area contributed by atoms with Crippen molar-refractivity contribution in [2.75, 3.05) is 0 Å². The summed E-state index contributed by atoms with van der Waals surface area (Å²) in [6.45, 7) is 0. The van der Waals surface area contributed by atoms with Gasteiger partial charge in [-0.1, -0.05) is 30.3 Å². The standard InChI is InChI=1S/C17H7N3/c18-8-11-5-6-14-15(7-11)17(10-20)13-4-2-1-3-12(13)16(14)9-19/h1-7H. The Morgan fingerprint density at radius 2 is 1.15 bits per heavy atom. The third-order valence-corrected chi connectivity index (χ3v) is 3.38. The third-order valence-electron chi connectivity index (χ3n) is 3.38. The topological polar surface area (TPSA) is 71.4 Å². The molecule has 3 aromatic carbocycles. The Kier molecular flexibility index (Phi) is 2.58. The molecule has 0 radical (unpaired) electrons. The summed E-state index contributed by atoms with van der Waals surface area (Å²) in [4.78, 5) is 0. The lowest BCUT2D eigenvalue weighted by atomic mass is 9.92. The van der Waals surface area contributed by atoms with Gasteiger partial charge in [-0.25, -0.2) is 0 Å². The average Bonchev–Trinajstić information content (AvgIpc) is 2.51. The summed E-state index contributed by atoms with van der Waals surface area (Å²) in [6.07, 6.45) is 0. The van der Waals surface area contributed by atoms with Gasteiger partial charge in [0.15, 0.2) is 0 Å². The van der Waals surface area contributed by atoms with Gasteiger partial charge in [-0.2, -0.15) is 15.8 Å². The van der Waals surface area contributed by atoms with Crippen LogP contribution in [0, 0.1) is 34.0 Å². The summed E-state index contributed by atoms with van der Waals surface area (Å²) < 4.78 is 0. The van der Waals surface area contributed by atoms with Crippen LogP contribution >= 0.6 is 0 Å². The van der Waals surface area contributed by atoms with Crippen LogP contribution in [0.3, 0.4) is 0 Å². The molecule has 90 valence electrons. The van der Waals surface area contributed by atoms with Gasteiger partial charge in [0.25, 0.3) is 0 Å². The number of hydrogen-bond donors (Lipinski definition) is 0. The molecule has 0 aliphatic rings. The van der Waals surface area contributed by atoms with E-state index in [1.54, 1.807) is 18.2 Å². The molecule has 0 unspecified atom stereocenters. The molecule has 0 saturated carbocycles. The van der Waals surface area contributed by atoms with E-state index in [0.29, 0.717) is 27.5 Å². The van der Waals surface area contributed by atoms with Crippen molar-refractivity contribution in [1.82, 2.24) is 0 Å². The first-order valence-corrected chi connectivity index (χ1v) is 5.99. The lowest BCUT2D eigenvalue weighted by Gasteiger charge is -2.08. The van der Waals surface area contributed by atoms with Gasteiger partial charge in [0.1, 0.15) is 12.1 Å². The summed E-state index contributed by atoms with van der Waals surface area (Å²) in [7, 11) is 0. The Balaban J connectivity index is 2.68. The molecule has 0 fully saturated rings. The van der Waals surface area contributed by atoms with Crippen molar-refractivity contribution in [3.05, 3.63) is 59.2 Å². The fourth-order valence-corrected chi connectivity index (χ4v) is 2.49. The fraction of sp³-hybridized carbons (Fsp3) is 0. The zero-order chi connectivity index (χ0) is 14.1. The van der Waals surface area contributed by atoms with Crippen LogP contribution in [0.5, 0.6) is 0 Å². The minimum absolute atomic E-state index is 0.480. The Morgan fingerprint density at radius 1 is 0.600 bits per heavy atom. The van der Waals surface area contributed by atoms with Crippen LogP contribution in [0.15, 0.2) is 42.5 Å². The van der Waals surface area contributed by atoms with Crippen molar-refractivity contribution in [3.8, 4) is 18.2 Å². The highest BCUT2D eigenvalue weighted by atomic mass is 14.3. The van der Waals surface area contributed by atoms with Gasteiger partial charge in [-0.05, 0) is 12.1 Å². The highest BCUT2D eigenvalue weighted by Crippen LogP contribution is 2.32. The first kappa shape index (κ1) is 11.7. The van der Waals surface area contributed by atoms with Crippen molar-refractivity contribution in [3.63, 3.8) is 0 Å². The highest BCUT2D eigenvalue weighted by Gasteiger charge is 2.13. The average molecular weight is 253 g/mol. The summed E-state index contributed by atoms with van der Waals surface area (Å²) in [5.41, 5.74) is 1.53. The van der Waals surface area contributed by atoms with Gasteiger partial charge < -0.3 is 0 Å². The van der Waals surface area contributed by atoms with Crippen molar-refractivity contribution in [1.29, 1.82) is 15.8 Å². The normalized spacial score (nSPS) is 9.85. The van der Waals surface area contributed by atoms with Crippen LogP contribution in [-0.4, -0.2) is 0 Å². The van der Waals surface area contributed by atoms with E-state index in [0.717, 1.165) is 10.8 Å². The van der Waals surface area contributed by atoms with E-state index in [1.807, 2.05) is 24.3 Å². The van der Waals surface area contributed by atoms with Crippen LogP contribution in [-0.2, 0) is 0 Å². The molecule has 3 rings (SSSR count). The van der Waals surface area contributed by atoms with Crippen molar-refractivity contribution < 1.29 is 0 Å². The summed E-state index contributed by atoms with van der Waals surface area (Å²) in [5.74, 6) is 0. The summed E-state index contributed by atoms with van der Waals surface area (Å²) in [6, 6.07) is 18.9. The third kappa shape index (κ3) is 1.50. The predicted octanol–water partition coefficient (Wildman–Crippen LogP) is 3.61. The fourth-order valence-electron chi connectivity index (χ4n) is 2.49. The van der Waals surface area contributed by atoms with E-state index < -0.39 is 0 Å². The van der Waals surface area contributed by atoms with Crippen molar-refractivity contribution >= 4 is 21.5 Å². The number of fused-ring (bicyclic) bond motifs is 2. The number of benzene rings is 3. The number of nitrogens with zero attached hydrogens (tertiary/aromatic N) is 3. The molecule has 0 N–H and O–H groups in total. The largest absolute Gasteiger partial charge is 0.192 e. The molecule has 0 heterocycles. The molecule has 0 atom stereocenters. The Hall–Kier alpha value is -3.35. The molecule has 3 nitrogen and oxygen atoms in total. The molecule has 3 heteroatoms. The van der Waals surface area contributed by atoms with Gasteiger partial charge in [-0.3, -0.25) is 0 Å². The van der Waals surface area contributed by atoms with Gasteiger partial charge in [-0.15, -0.1) is 0 Å². The van der Waals surface area contributed by atoms with E-state index in [1.165, 1.54) is 0 Å². The van der Waals surface area contributed by atoms with Crippen LogP contribution in [0.2, 0.25) is 0 Å². The van der Waals surface area contributed by atoms with E-state index in [4.69, 9.17) is 5.26 Å². The van der Waals surface area contributed by atoms with E-state index in [9.17, 15) is 10.5 Å². The SMILES string of the molecule is N#Cc1ccc2c(C#N)c3ccccc3c(C#N)c2c1. The number of rotatable bonds is 0. The summed E-state index contributed by atoms with van der Waals surface area (Å²) in [5, 5.41) is 30.7. The molecule has 0 bridgehead atoms. The molecular formula is C17H7N3. The zero-order valence-corrected chi connectivity index (χ0v) is 10.4. The van der Waals surface area contributed by atoms with Gasteiger partial charge in [0.2, 0.25) is 0 Å². The van der Waals surface area contributed by atoms with Gasteiger partial charge in [0, 0.05) is 21.5 Å². The van der Waals surface area contributed by atoms with Crippen molar-refractivity contribution in [2.45, 2.75) is 0 Å². The smallest absolute Gasteiger partial charge is 0.100 e. The second-order valence-electron chi connectivity index (χ2n) is 4.39. The minimum atomic E-state index is 0.480. The first-order valence-electron chi connectivity index (χ1n) is 5.99. The quantitative estimate of drug-likeness (QED) is 0.574. The van der Waals surface area contributed by atoms with Crippen LogP contribution < -0.4 is 0 Å². The number of hydrogen-bond acceptors (Lipinski definition) is 3. The summed E-state index contributed by atoms with van der Waals surface area (Å²) >= 11 is 0. The van der Waals surface area contributed by atoms with E-state index >= 15 is 0 Å². The maximum absolute atomic E-state index is 9.45. The Labute approximate surface area is 115 Å². The Bertz CT molecular complexity index is 979. The van der Waals surface area contributed by atoms with Crippen LogP contribution in [0.4, 0.5) is 0 Å². The molecular weight excluding hydrogens is 246 g/mol.